The molecule has 1 heterocycles. The Morgan fingerprint density at radius 3 is 3.00 bits per heavy atom. The van der Waals surface area contributed by atoms with Crippen molar-refractivity contribution in [2.45, 2.75) is 13.5 Å². The molecule has 0 bridgehead atoms. The normalized spacial score (nSPS) is 12.8. The summed E-state index contributed by atoms with van der Waals surface area (Å²) in [7, 11) is 0. The first-order valence-corrected chi connectivity index (χ1v) is 3.91. The van der Waals surface area contributed by atoms with Crippen LogP contribution in [0.25, 0.3) is 0 Å². The average Bonchev–Trinajstić information content (AvgIpc) is 2.52. The monoisotopic (exact) mass is 185 g/mol. The van der Waals surface area contributed by atoms with Crippen LogP contribution in [0.15, 0.2) is 12.4 Å². The summed E-state index contributed by atoms with van der Waals surface area (Å²) in [6.45, 7) is 2.38. The topological polar surface area (TPSA) is 81.2 Å². The van der Waals surface area contributed by atoms with Crippen LogP contribution in [-0.2, 0) is 6.54 Å². The molecule has 0 fully saturated rings. The van der Waals surface area contributed by atoms with E-state index in [0.29, 0.717) is 6.54 Å². The lowest BCUT2D eigenvalue weighted by Gasteiger charge is -2.05. The second kappa shape index (κ2) is 3.99. The molecule has 72 valence electrons. The molecule has 0 spiro atoms. The molecule has 0 aliphatic carbocycles. The molecule has 0 aliphatic rings. The van der Waals surface area contributed by atoms with Crippen LogP contribution in [0, 0.1) is 16.0 Å². The van der Waals surface area contributed by atoms with Crippen LogP contribution in [0.2, 0.25) is 0 Å². The summed E-state index contributed by atoms with van der Waals surface area (Å²) in [6.07, 6.45) is 2.55. The van der Waals surface area contributed by atoms with Gasteiger partial charge in [-0.15, -0.1) is 0 Å². The fraction of sp³-hybridized carbons (Fsp3) is 0.571. The summed E-state index contributed by atoms with van der Waals surface area (Å²) >= 11 is 0. The zero-order chi connectivity index (χ0) is 9.84. The number of rotatable bonds is 4. The molecule has 1 aromatic heterocycles. The first kappa shape index (κ1) is 9.66. The van der Waals surface area contributed by atoms with E-state index in [1.54, 1.807) is 0 Å². The van der Waals surface area contributed by atoms with Gasteiger partial charge < -0.3 is 5.11 Å². The van der Waals surface area contributed by atoms with E-state index in [1.807, 2.05) is 6.92 Å². The first-order chi connectivity index (χ1) is 6.13. The van der Waals surface area contributed by atoms with Gasteiger partial charge in [-0.05, 0) is 5.92 Å². The van der Waals surface area contributed by atoms with Crippen molar-refractivity contribution in [3.8, 4) is 0 Å². The molecule has 0 radical (unpaired) electrons. The molecule has 6 heteroatoms. The van der Waals surface area contributed by atoms with Gasteiger partial charge in [-0.3, -0.25) is 14.8 Å². The van der Waals surface area contributed by atoms with Gasteiger partial charge in [0.15, 0.2) is 0 Å². The molecular weight excluding hydrogens is 174 g/mol. The third kappa shape index (κ3) is 2.51. The van der Waals surface area contributed by atoms with Gasteiger partial charge in [0.1, 0.15) is 12.4 Å². The molecule has 1 rings (SSSR count). The lowest BCUT2D eigenvalue weighted by atomic mass is 10.2. The second-order valence-corrected chi connectivity index (χ2v) is 2.97. The summed E-state index contributed by atoms with van der Waals surface area (Å²) in [5.41, 5.74) is -0.0230. The number of hydrogen-bond acceptors (Lipinski definition) is 4. The SMILES string of the molecule is CC(CO)Cn1cc([N+](=O)[O-])cn1. The highest BCUT2D eigenvalue weighted by Crippen LogP contribution is 2.09. The Hall–Kier alpha value is -1.43. The quantitative estimate of drug-likeness (QED) is 0.544. The van der Waals surface area contributed by atoms with Crippen LogP contribution in [0.3, 0.4) is 0 Å². The minimum Gasteiger partial charge on any atom is -0.396 e. The van der Waals surface area contributed by atoms with E-state index in [-0.39, 0.29) is 18.2 Å². The van der Waals surface area contributed by atoms with Gasteiger partial charge >= 0.3 is 5.69 Å². The third-order valence-electron chi connectivity index (χ3n) is 1.64. The molecule has 0 saturated carbocycles. The van der Waals surface area contributed by atoms with Crippen LogP contribution in [0.1, 0.15) is 6.92 Å². The maximum absolute atomic E-state index is 10.3. The van der Waals surface area contributed by atoms with Gasteiger partial charge in [0.05, 0.1) is 4.92 Å². The second-order valence-electron chi connectivity index (χ2n) is 2.97. The largest absolute Gasteiger partial charge is 0.396 e. The zero-order valence-electron chi connectivity index (χ0n) is 7.25. The Morgan fingerprint density at radius 2 is 2.54 bits per heavy atom. The molecule has 1 aromatic rings. The Bertz CT molecular complexity index is 297. The number of hydrogen-bond donors (Lipinski definition) is 1. The first-order valence-electron chi connectivity index (χ1n) is 3.91. The molecule has 0 aromatic carbocycles. The van der Waals surface area contributed by atoms with Crippen LogP contribution in [0.5, 0.6) is 0 Å². The van der Waals surface area contributed by atoms with Crippen molar-refractivity contribution >= 4 is 5.69 Å². The van der Waals surface area contributed by atoms with Crippen molar-refractivity contribution in [2.75, 3.05) is 6.61 Å². The van der Waals surface area contributed by atoms with Crippen molar-refractivity contribution in [1.29, 1.82) is 0 Å². The van der Waals surface area contributed by atoms with E-state index in [4.69, 9.17) is 5.11 Å². The number of aliphatic hydroxyl groups is 1. The number of aliphatic hydroxyl groups excluding tert-OH is 1. The minimum atomic E-state index is -0.493. The zero-order valence-corrected chi connectivity index (χ0v) is 7.25. The van der Waals surface area contributed by atoms with Crippen LogP contribution < -0.4 is 0 Å². The lowest BCUT2D eigenvalue weighted by molar-refractivity contribution is -0.385. The van der Waals surface area contributed by atoms with Crippen molar-refractivity contribution < 1.29 is 10.0 Å². The molecule has 6 nitrogen and oxygen atoms in total. The Kier molecular flexibility index (Phi) is 2.97. The van der Waals surface area contributed by atoms with Crippen molar-refractivity contribution in [3.05, 3.63) is 22.5 Å². The summed E-state index contributed by atoms with van der Waals surface area (Å²) in [6, 6.07) is 0. The van der Waals surface area contributed by atoms with Crippen LogP contribution in [0.4, 0.5) is 5.69 Å². The maximum Gasteiger partial charge on any atom is 0.306 e. The highest BCUT2D eigenvalue weighted by Gasteiger charge is 2.09. The molecule has 0 amide bonds. The predicted octanol–water partition coefficient (Wildman–Crippen LogP) is 0.420. The molecule has 0 saturated heterocycles. The summed E-state index contributed by atoms with van der Waals surface area (Å²) in [4.78, 5) is 9.78. The highest BCUT2D eigenvalue weighted by atomic mass is 16.6. The van der Waals surface area contributed by atoms with Gasteiger partial charge in [-0.1, -0.05) is 6.92 Å². The van der Waals surface area contributed by atoms with Crippen molar-refractivity contribution in [2.24, 2.45) is 5.92 Å². The third-order valence-corrected chi connectivity index (χ3v) is 1.64. The maximum atomic E-state index is 10.3. The lowest BCUT2D eigenvalue weighted by Crippen LogP contribution is -2.11. The van der Waals surface area contributed by atoms with E-state index in [2.05, 4.69) is 5.10 Å². The van der Waals surface area contributed by atoms with E-state index in [0.717, 1.165) is 0 Å². The number of nitro groups is 1. The van der Waals surface area contributed by atoms with E-state index in [1.165, 1.54) is 17.1 Å². The number of aromatic nitrogens is 2. The van der Waals surface area contributed by atoms with Crippen LogP contribution >= 0.6 is 0 Å². The average molecular weight is 185 g/mol. The molecule has 0 aliphatic heterocycles. The van der Waals surface area contributed by atoms with E-state index in [9.17, 15) is 10.1 Å². The van der Waals surface area contributed by atoms with Gasteiger partial charge in [0.25, 0.3) is 0 Å². The fourth-order valence-corrected chi connectivity index (χ4v) is 0.924. The van der Waals surface area contributed by atoms with Gasteiger partial charge in [0.2, 0.25) is 0 Å². The smallest absolute Gasteiger partial charge is 0.306 e. The van der Waals surface area contributed by atoms with Crippen molar-refractivity contribution in [3.63, 3.8) is 0 Å². The minimum absolute atomic E-state index is 0.0230. The highest BCUT2D eigenvalue weighted by molar-refractivity contribution is 5.20. The molecule has 13 heavy (non-hydrogen) atoms. The molecule has 1 unspecified atom stereocenters. The van der Waals surface area contributed by atoms with Crippen LogP contribution in [-0.4, -0.2) is 26.4 Å². The predicted molar refractivity (Wildman–Crippen MR) is 45.1 cm³/mol. The molecule has 1 N–H and O–H groups in total. The Morgan fingerprint density at radius 1 is 1.85 bits per heavy atom. The standard InChI is InChI=1S/C7H11N3O3/c1-6(5-11)3-9-4-7(2-8-9)10(12)13/h2,4,6,11H,3,5H2,1H3. The summed E-state index contributed by atoms with van der Waals surface area (Å²) < 4.78 is 1.46. The molecular formula is C7H11N3O3. The Balaban J connectivity index is 2.64. The van der Waals surface area contributed by atoms with Gasteiger partial charge in [-0.25, -0.2) is 0 Å². The van der Waals surface area contributed by atoms with Gasteiger partial charge in [-0.2, -0.15) is 5.10 Å². The fourth-order valence-electron chi connectivity index (χ4n) is 0.924. The molecule has 1 atom stereocenters. The van der Waals surface area contributed by atoms with Crippen molar-refractivity contribution in [1.82, 2.24) is 9.78 Å². The van der Waals surface area contributed by atoms with E-state index < -0.39 is 4.92 Å². The number of nitrogens with zero attached hydrogens (tertiary/aromatic N) is 3. The summed E-state index contributed by atoms with van der Waals surface area (Å²) in [5, 5.41) is 22.8. The van der Waals surface area contributed by atoms with E-state index >= 15 is 0 Å². The summed E-state index contributed by atoms with van der Waals surface area (Å²) in [5.74, 6) is 0.0551. The van der Waals surface area contributed by atoms with Gasteiger partial charge in [0, 0.05) is 13.2 Å². The Labute approximate surface area is 74.9 Å².